The number of hydrogen-bond acceptors (Lipinski definition) is 6. The Morgan fingerprint density at radius 1 is 1.10 bits per heavy atom. The number of nitrogens with zero attached hydrogens (tertiary/aromatic N) is 3. The second-order valence-electron chi connectivity index (χ2n) is 4.25. The first kappa shape index (κ1) is 12.8. The minimum absolute atomic E-state index is 0.0365. The Labute approximate surface area is 115 Å². The Bertz CT molecular complexity index is 863. The normalized spacial score (nSPS) is 14.2. The highest BCUT2D eigenvalue weighted by molar-refractivity contribution is 7.91. The quantitative estimate of drug-likeness (QED) is 0.837. The summed E-state index contributed by atoms with van der Waals surface area (Å²) in [5, 5.41) is 10.7. The van der Waals surface area contributed by atoms with E-state index in [0.717, 1.165) is 5.06 Å². The molecule has 1 aliphatic heterocycles. The van der Waals surface area contributed by atoms with E-state index in [1.807, 2.05) is 0 Å². The lowest BCUT2D eigenvalue weighted by Gasteiger charge is -2.11. The molecule has 0 bridgehead atoms. The molecule has 0 spiro atoms. The SMILES string of the molecule is O=S(=O)(c1ccccc1)c1ccc2c(n1)=NCN(O)C=2. The first-order chi connectivity index (χ1) is 9.57. The Kier molecular flexibility index (Phi) is 3.00. The lowest BCUT2D eigenvalue weighted by atomic mass is 10.4. The van der Waals surface area contributed by atoms with Crippen molar-refractivity contribution in [2.75, 3.05) is 6.67 Å². The van der Waals surface area contributed by atoms with Crippen molar-refractivity contribution < 1.29 is 13.6 Å². The molecule has 0 fully saturated rings. The summed E-state index contributed by atoms with van der Waals surface area (Å²) in [5.74, 6) is 0. The molecule has 1 N–H and O–H groups in total. The van der Waals surface area contributed by atoms with Gasteiger partial charge in [-0.2, -0.15) is 0 Å². The van der Waals surface area contributed by atoms with Crippen molar-refractivity contribution in [2.24, 2.45) is 4.99 Å². The maximum atomic E-state index is 12.4. The summed E-state index contributed by atoms with van der Waals surface area (Å²) >= 11 is 0. The molecule has 0 atom stereocenters. The molecule has 2 aromatic rings. The summed E-state index contributed by atoms with van der Waals surface area (Å²) in [6.45, 7) is 0.0365. The summed E-state index contributed by atoms with van der Waals surface area (Å²) in [6, 6.07) is 11.1. The van der Waals surface area contributed by atoms with Crippen LogP contribution in [0.25, 0.3) is 6.20 Å². The van der Waals surface area contributed by atoms with Gasteiger partial charge in [0.1, 0.15) is 6.67 Å². The van der Waals surface area contributed by atoms with Crippen LogP contribution in [0.15, 0.2) is 57.4 Å². The lowest BCUT2D eigenvalue weighted by molar-refractivity contribution is -0.0201. The summed E-state index contributed by atoms with van der Waals surface area (Å²) < 4.78 is 24.8. The predicted molar refractivity (Wildman–Crippen MR) is 69.9 cm³/mol. The van der Waals surface area contributed by atoms with Gasteiger partial charge in [0.05, 0.1) is 4.90 Å². The van der Waals surface area contributed by atoms with Gasteiger partial charge in [0, 0.05) is 11.4 Å². The Morgan fingerprint density at radius 3 is 2.60 bits per heavy atom. The molecule has 20 heavy (non-hydrogen) atoms. The van der Waals surface area contributed by atoms with Crippen LogP contribution in [0, 0.1) is 0 Å². The standard InChI is InChI=1S/C13H11N3O3S/c17-16-8-10-6-7-12(15-13(10)14-9-16)20(18,19)11-4-2-1-3-5-11/h1-8,17H,9H2. The zero-order valence-corrected chi connectivity index (χ0v) is 11.2. The second kappa shape index (κ2) is 4.69. The van der Waals surface area contributed by atoms with Gasteiger partial charge in [0.25, 0.3) is 0 Å². The number of benzene rings is 1. The van der Waals surface area contributed by atoms with Gasteiger partial charge in [0.15, 0.2) is 10.5 Å². The van der Waals surface area contributed by atoms with Crippen molar-refractivity contribution >= 4 is 16.0 Å². The molecular weight excluding hydrogens is 278 g/mol. The van der Waals surface area contributed by atoms with Crippen LogP contribution in [0.3, 0.4) is 0 Å². The molecule has 2 heterocycles. The summed E-state index contributed by atoms with van der Waals surface area (Å²) in [7, 11) is -3.65. The van der Waals surface area contributed by atoms with Crippen LogP contribution in [-0.4, -0.2) is 30.3 Å². The van der Waals surface area contributed by atoms with Crippen molar-refractivity contribution in [3.05, 3.63) is 53.2 Å². The van der Waals surface area contributed by atoms with Crippen LogP contribution in [-0.2, 0) is 9.84 Å². The molecule has 0 aliphatic carbocycles. The highest BCUT2D eigenvalue weighted by atomic mass is 32.2. The van der Waals surface area contributed by atoms with Gasteiger partial charge >= 0.3 is 0 Å². The smallest absolute Gasteiger partial charge is 0.223 e. The number of fused-ring (bicyclic) bond motifs is 1. The van der Waals surface area contributed by atoms with Gasteiger partial charge in [-0.15, -0.1) is 0 Å². The van der Waals surface area contributed by atoms with E-state index < -0.39 is 9.84 Å². The zero-order valence-electron chi connectivity index (χ0n) is 10.3. The van der Waals surface area contributed by atoms with Gasteiger partial charge < -0.3 is 0 Å². The third kappa shape index (κ3) is 2.17. The molecule has 0 radical (unpaired) electrons. The van der Waals surface area contributed by atoms with Crippen LogP contribution in [0.1, 0.15) is 0 Å². The Hall–Kier alpha value is -2.25. The van der Waals surface area contributed by atoms with E-state index in [9.17, 15) is 13.6 Å². The molecule has 6 nitrogen and oxygen atoms in total. The fourth-order valence-corrected chi connectivity index (χ4v) is 3.09. The topological polar surface area (TPSA) is 82.9 Å². The van der Waals surface area contributed by atoms with E-state index in [-0.39, 0.29) is 16.6 Å². The Balaban J connectivity index is 2.16. The number of pyridine rings is 1. The fourth-order valence-electron chi connectivity index (χ4n) is 1.88. The molecule has 7 heteroatoms. The molecule has 0 saturated heterocycles. The summed E-state index contributed by atoms with van der Waals surface area (Å²) in [4.78, 5) is 8.27. The predicted octanol–water partition coefficient (Wildman–Crippen LogP) is -0.0657. The number of hydrogen-bond donors (Lipinski definition) is 1. The van der Waals surface area contributed by atoms with Crippen LogP contribution >= 0.6 is 0 Å². The summed E-state index contributed by atoms with van der Waals surface area (Å²) in [6.07, 6.45) is 1.45. The van der Waals surface area contributed by atoms with Crippen LogP contribution < -0.4 is 10.7 Å². The van der Waals surface area contributed by atoms with E-state index >= 15 is 0 Å². The average molecular weight is 289 g/mol. The number of aromatic nitrogens is 1. The fraction of sp³-hybridized carbons (Fsp3) is 0.0769. The highest BCUT2D eigenvalue weighted by Crippen LogP contribution is 2.16. The van der Waals surface area contributed by atoms with E-state index in [0.29, 0.717) is 10.7 Å². The molecule has 102 valence electrons. The van der Waals surface area contributed by atoms with Gasteiger partial charge in [0.2, 0.25) is 9.84 Å². The molecular formula is C13H11N3O3S. The van der Waals surface area contributed by atoms with Crippen molar-refractivity contribution in [2.45, 2.75) is 9.92 Å². The highest BCUT2D eigenvalue weighted by Gasteiger charge is 2.19. The van der Waals surface area contributed by atoms with Crippen molar-refractivity contribution in [3.63, 3.8) is 0 Å². The van der Waals surface area contributed by atoms with Crippen molar-refractivity contribution in [3.8, 4) is 0 Å². The summed E-state index contributed by atoms with van der Waals surface area (Å²) in [5.41, 5.74) is 0.312. The molecule has 1 aromatic carbocycles. The zero-order chi connectivity index (χ0) is 14.2. The second-order valence-corrected chi connectivity index (χ2v) is 6.14. The van der Waals surface area contributed by atoms with Crippen molar-refractivity contribution in [1.29, 1.82) is 0 Å². The van der Waals surface area contributed by atoms with Crippen molar-refractivity contribution in [1.82, 2.24) is 10.0 Å². The van der Waals surface area contributed by atoms with E-state index in [1.165, 1.54) is 24.4 Å². The molecule has 1 aliphatic rings. The minimum atomic E-state index is -3.65. The lowest BCUT2D eigenvalue weighted by Crippen LogP contribution is -2.37. The molecule has 0 amide bonds. The van der Waals surface area contributed by atoms with Crippen LogP contribution in [0.5, 0.6) is 0 Å². The number of sulfone groups is 1. The van der Waals surface area contributed by atoms with Crippen LogP contribution in [0.2, 0.25) is 0 Å². The van der Waals surface area contributed by atoms with Gasteiger partial charge in [-0.05, 0) is 24.3 Å². The minimum Gasteiger partial charge on any atom is -0.287 e. The Morgan fingerprint density at radius 2 is 1.85 bits per heavy atom. The third-order valence-electron chi connectivity index (χ3n) is 2.86. The van der Waals surface area contributed by atoms with E-state index in [1.54, 1.807) is 24.3 Å². The van der Waals surface area contributed by atoms with Gasteiger partial charge in [-0.25, -0.2) is 23.5 Å². The van der Waals surface area contributed by atoms with Gasteiger partial charge in [-0.3, -0.25) is 5.21 Å². The largest absolute Gasteiger partial charge is 0.287 e. The molecule has 0 unspecified atom stereocenters. The first-order valence-corrected chi connectivity index (χ1v) is 7.35. The van der Waals surface area contributed by atoms with E-state index in [4.69, 9.17) is 0 Å². The number of hydroxylamine groups is 2. The maximum Gasteiger partial charge on any atom is 0.223 e. The average Bonchev–Trinajstić information content (AvgIpc) is 2.47. The maximum absolute atomic E-state index is 12.4. The monoisotopic (exact) mass is 289 g/mol. The number of rotatable bonds is 2. The van der Waals surface area contributed by atoms with Gasteiger partial charge in [-0.1, -0.05) is 18.2 Å². The van der Waals surface area contributed by atoms with E-state index in [2.05, 4.69) is 9.98 Å². The molecule has 3 rings (SSSR count). The van der Waals surface area contributed by atoms with Crippen LogP contribution in [0.4, 0.5) is 0 Å². The third-order valence-corrected chi connectivity index (χ3v) is 4.53. The molecule has 1 aromatic heterocycles. The first-order valence-electron chi connectivity index (χ1n) is 5.86. The molecule has 0 saturated carbocycles.